The molecule has 0 radical (unpaired) electrons. The van der Waals surface area contributed by atoms with Crippen LogP contribution in [0.3, 0.4) is 0 Å². The van der Waals surface area contributed by atoms with Gasteiger partial charge in [0, 0.05) is 5.02 Å². The van der Waals surface area contributed by atoms with Crippen LogP contribution in [0.5, 0.6) is 0 Å². The molecule has 0 aliphatic carbocycles. The van der Waals surface area contributed by atoms with E-state index in [2.05, 4.69) is 5.16 Å². The molecule has 0 bridgehead atoms. The fraction of sp³-hybridized carbons (Fsp3) is 0.222. The molecule has 1 aliphatic heterocycles. The smallest absolute Gasteiger partial charge is 0.215 e. The maximum absolute atomic E-state index is 12.6. The summed E-state index contributed by atoms with van der Waals surface area (Å²) in [5.74, 6) is -0.348. The van der Waals surface area contributed by atoms with E-state index >= 15 is 0 Å². The highest BCUT2D eigenvalue weighted by Gasteiger charge is 2.58. The Morgan fingerprint density at radius 1 is 1.00 bits per heavy atom. The zero-order valence-corrected chi connectivity index (χ0v) is 13.5. The standard InChI is InChI=1S/C18H16ClNO3/c1-17(2)16(21)15(20-22)18(23-17,12-6-4-3-5-7-12)13-8-10-14(19)11-9-13/h3-11,22H,1-2H3/b20-15-. The van der Waals surface area contributed by atoms with Gasteiger partial charge in [0.2, 0.25) is 5.78 Å². The molecular formula is C18H16ClNO3. The van der Waals surface area contributed by atoms with Crippen LogP contribution in [-0.4, -0.2) is 22.3 Å². The first-order valence-corrected chi connectivity index (χ1v) is 7.58. The molecule has 0 saturated carbocycles. The van der Waals surface area contributed by atoms with Gasteiger partial charge < -0.3 is 9.94 Å². The Morgan fingerprint density at radius 3 is 2.13 bits per heavy atom. The second kappa shape index (κ2) is 5.48. The van der Waals surface area contributed by atoms with Crippen LogP contribution in [0.25, 0.3) is 0 Å². The zero-order valence-electron chi connectivity index (χ0n) is 12.8. The molecule has 1 saturated heterocycles. The molecule has 118 valence electrons. The third-order valence-corrected chi connectivity index (χ3v) is 4.29. The number of benzene rings is 2. The van der Waals surface area contributed by atoms with Gasteiger partial charge in [-0.2, -0.15) is 0 Å². The van der Waals surface area contributed by atoms with Gasteiger partial charge in [0.05, 0.1) is 0 Å². The highest BCUT2D eigenvalue weighted by molar-refractivity contribution is 6.47. The Hall–Kier alpha value is -2.17. The van der Waals surface area contributed by atoms with Crippen LogP contribution in [0.2, 0.25) is 5.02 Å². The van der Waals surface area contributed by atoms with Crippen LogP contribution in [0.4, 0.5) is 0 Å². The molecule has 0 aromatic heterocycles. The molecule has 1 unspecified atom stereocenters. The van der Waals surface area contributed by atoms with E-state index in [9.17, 15) is 10.0 Å². The largest absolute Gasteiger partial charge is 0.410 e. The molecule has 2 aromatic rings. The van der Waals surface area contributed by atoms with Crippen LogP contribution < -0.4 is 0 Å². The first-order chi connectivity index (χ1) is 10.9. The average Bonchev–Trinajstić information content (AvgIpc) is 2.76. The van der Waals surface area contributed by atoms with E-state index in [0.29, 0.717) is 16.1 Å². The molecule has 1 atom stereocenters. The van der Waals surface area contributed by atoms with Crippen molar-refractivity contribution in [3.63, 3.8) is 0 Å². The Kier molecular flexibility index (Phi) is 3.74. The molecule has 3 rings (SSSR count). The SMILES string of the molecule is CC1(C)OC(c2ccccc2)(c2ccc(Cl)cc2)/C(=N\O)C1=O. The number of halogens is 1. The Balaban J connectivity index is 2.32. The van der Waals surface area contributed by atoms with E-state index in [4.69, 9.17) is 16.3 Å². The van der Waals surface area contributed by atoms with E-state index in [1.807, 2.05) is 30.3 Å². The number of Topliss-reactive ketones (excluding diaryl/α,β-unsaturated/α-hetero) is 1. The summed E-state index contributed by atoms with van der Waals surface area (Å²) < 4.78 is 6.18. The van der Waals surface area contributed by atoms with E-state index < -0.39 is 11.2 Å². The Morgan fingerprint density at radius 2 is 1.57 bits per heavy atom. The fourth-order valence-corrected chi connectivity index (χ4v) is 3.08. The molecule has 1 fully saturated rings. The van der Waals surface area contributed by atoms with Crippen molar-refractivity contribution in [2.45, 2.75) is 25.0 Å². The Labute approximate surface area is 139 Å². The normalized spacial score (nSPS) is 25.0. The van der Waals surface area contributed by atoms with E-state index in [-0.39, 0.29) is 11.5 Å². The number of carbonyl (C=O) groups is 1. The van der Waals surface area contributed by atoms with Crippen molar-refractivity contribution in [1.82, 2.24) is 0 Å². The van der Waals surface area contributed by atoms with Crippen LogP contribution in [-0.2, 0) is 15.1 Å². The van der Waals surface area contributed by atoms with Gasteiger partial charge in [-0.25, -0.2) is 0 Å². The van der Waals surface area contributed by atoms with Gasteiger partial charge in [-0.05, 0) is 37.1 Å². The van der Waals surface area contributed by atoms with Crippen LogP contribution in [0.1, 0.15) is 25.0 Å². The van der Waals surface area contributed by atoms with E-state index in [1.54, 1.807) is 38.1 Å². The molecule has 1 N–H and O–H groups in total. The average molecular weight is 330 g/mol. The number of nitrogens with zero attached hydrogens (tertiary/aromatic N) is 1. The molecule has 23 heavy (non-hydrogen) atoms. The first-order valence-electron chi connectivity index (χ1n) is 7.21. The minimum absolute atomic E-state index is 0.0315. The van der Waals surface area contributed by atoms with Gasteiger partial charge in [-0.1, -0.05) is 59.2 Å². The monoisotopic (exact) mass is 329 g/mol. The van der Waals surface area contributed by atoms with Gasteiger partial charge in [0.1, 0.15) is 5.60 Å². The van der Waals surface area contributed by atoms with Gasteiger partial charge in [0.15, 0.2) is 11.3 Å². The number of rotatable bonds is 2. The van der Waals surface area contributed by atoms with Gasteiger partial charge in [-0.3, -0.25) is 4.79 Å². The third-order valence-electron chi connectivity index (χ3n) is 4.03. The number of oxime groups is 1. The molecule has 1 aliphatic rings. The number of ether oxygens (including phenoxy) is 1. The Bertz CT molecular complexity index is 769. The summed E-state index contributed by atoms with van der Waals surface area (Å²) in [4.78, 5) is 12.6. The minimum atomic E-state index is -1.26. The topological polar surface area (TPSA) is 58.9 Å². The second-order valence-electron chi connectivity index (χ2n) is 5.94. The molecule has 5 heteroatoms. The van der Waals surface area contributed by atoms with Crippen molar-refractivity contribution in [3.8, 4) is 0 Å². The lowest BCUT2D eigenvalue weighted by Crippen LogP contribution is -2.36. The van der Waals surface area contributed by atoms with Crippen molar-refractivity contribution >= 4 is 23.1 Å². The third kappa shape index (κ3) is 2.35. The van der Waals surface area contributed by atoms with E-state index in [1.165, 1.54) is 0 Å². The summed E-state index contributed by atoms with van der Waals surface area (Å²) in [6.45, 7) is 3.34. The zero-order chi connectivity index (χ0) is 16.7. The lowest BCUT2D eigenvalue weighted by Gasteiger charge is -2.31. The quantitative estimate of drug-likeness (QED) is 0.673. The van der Waals surface area contributed by atoms with Crippen molar-refractivity contribution < 1.29 is 14.7 Å². The number of hydrogen-bond acceptors (Lipinski definition) is 4. The van der Waals surface area contributed by atoms with Gasteiger partial charge in [-0.15, -0.1) is 0 Å². The number of ketones is 1. The molecule has 1 heterocycles. The van der Waals surface area contributed by atoms with Crippen molar-refractivity contribution in [1.29, 1.82) is 0 Å². The summed E-state index contributed by atoms with van der Waals surface area (Å²) in [7, 11) is 0. The van der Waals surface area contributed by atoms with E-state index in [0.717, 1.165) is 0 Å². The summed E-state index contributed by atoms with van der Waals surface area (Å²) in [6.07, 6.45) is 0. The summed E-state index contributed by atoms with van der Waals surface area (Å²) >= 11 is 5.98. The van der Waals surface area contributed by atoms with Crippen molar-refractivity contribution in [2.24, 2.45) is 5.16 Å². The molecule has 0 spiro atoms. The highest BCUT2D eigenvalue weighted by Crippen LogP contribution is 2.45. The van der Waals surface area contributed by atoms with Gasteiger partial charge in [0.25, 0.3) is 0 Å². The second-order valence-corrected chi connectivity index (χ2v) is 6.38. The van der Waals surface area contributed by atoms with Crippen LogP contribution >= 0.6 is 11.6 Å². The molecule has 4 nitrogen and oxygen atoms in total. The highest BCUT2D eigenvalue weighted by atomic mass is 35.5. The predicted octanol–water partition coefficient (Wildman–Crippen LogP) is 3.79. The predicted molar refractivity (Wildman–Crippen MR) is 88.1 cm³/mol. The minimum Gasteiger partial charge on any atom is -0.410 e. The van der Waals surface area contributed by atoms with Crippen molar-refractivity contribution in [2.75, 3.05) is 0 Å². The molecule has 2 aromatic carbocycles. The summed E-state index contributed by atoms with van der Waals surface area (Å²) in [5, 5.41) is 13.4. The fourth-order valence-electron chi connectivity index (χ4n) is 2.95. The van der Waals surface area contributed by atoms with Crippen LogP contribution in [0.15, 0.2) is 59.8 Å². The van der Waals surface area contributed by atoms with Crippen molar-refractivity contribution in [3.05, 3.63) is 70.7 Å². The summed E-state index contributed by atoms with van der Waals surface area (Å²) in [5.41, 5.74) is -0.997. The lowest BCUT2D eigenvalue weighted by atomic mass is 9.81. The number of carbonyl (C=O) groups excluding carboxylic acids is 1. The molecular weight excluding hydrogens is 314 g/mol. The maximum Gasteiger partial charge on any atom is 0.215 e. The first kappa shape index (κ1) is 15.7. The lowest BCUT2D eigenvalue weighted by molar-refractivity contribution is -0.132. The van der Waals surface area contributed by atoms with Gasteiger partial charge >= 0.3 is 0 Å². The molecule has 0 amide bonds. The number of hydrogen-bond donors (Lipinski definition) is 1. The van der Waals surface area contributed by atoms with Crippen LogP contribution in [0, 0.1) is 0 Å². The maximum atomic E-state index is 12.6. The summed E-state index contributed by atoms with van der Waals surface area (Å²) in [6, 6.07) is 16.2.